The first-order valence-electron chi connectivity index (χ1n) is 7.63. The minimum atomic E-state index is -1.89. The first kappa shape index (κ1) is 18.3. The van der Waals surface area contributed by atoms with Gasteiger partial charge >= 0.3 is 0 Å². The van der Waals surface area contributed by atoms with Crippen LogP contribution in [-0.2, 0) is 11.0 Å². The highest BCUT2D eigenvalue weighted by atomic mass is 28.4. The van der Waals surface area contributed by atoms with Crippen LogP contribution >= 0.6 is 0 Å². The Morgan fingerprint density at radius 2 is 1.71 bits per heavy atom. The lowest BCUT2D eigenvalue weighted by Gasteiger charge is -2.43. The summed E-state index contributed by atoms with van der Waals surface area (Å²) in [4.78, 5) is 4.57. The molecule has 0 bridgehead atoms. The normalized spacial score (nSPS) is 15.1. The van der Waals surface area contributed by atoms with Crippen molar-refractivity contribution in [2.45, 2.75) is 72.4 Å². The number of aliphatic hydroxyl groups is 1. The lowest BCUT2D eigenvalue weighted by atomic mass is 9.87. The van der Waals surface area contributed by atoms with Gasteiger partial charge in [0.05, 0.1) is 24.1 Å². The summed E-state index contributed by atoms with van der Waals surface area (Å²) in [6.07, 6.45) is -0.0649. The number of aliphatic hydroxyl groups excluding tert-OH is 1. The molecule has 0 unspecified atom stereocenters. The molecule has 21 heavy (non-hydrogen) atoms. The lowest BCUT2D eigenvalue weighted by molar-refractivity contribution is 0.0686. The van der Waals surface area contributed by atoms with Gasteiger partial charge in [0.2, 0.25) is 0 Å². The van der Waals surface area contributed by atoms with E-state index in [1.54, 1.807) is 0 Å². The van der Waals surface area contributed by atoms with Gasteiger partial charge in [0.15, 0.2) is 8.32 Å². The number of pyridine rings is 1. The molecule has 1 heterocycles. The van der Waals surface area contributed by atoms with Gasteiger partial charge in [-0.2, -0.15) is 0 Å². The van der Waals surface area contributed by atoms with Crippen molar-refractivity contribution in [2.24, 2.45) is 5.41 Å². The second kappa shape index (κ2) is 6.19. The minimum absolute atomic E-state index is 0.0369. The van der Waals surface area contributed by atoms with Crippen LogP contribution in [0.5, 0.6) is 0 Å². The van der Waals surface area contributed by atoms with Gasteiger partial charge in [-0.05, 0) is 35.7 Å². The third kappa shape index (κ3) is 4.63. The highest BCUT2D eigenvalue weighted by Crippen LogP contribution is 2.44. The highest BCUT2D eigenvalue weighted by Gasteiger charge is 2.42. The molecule has 0 radical (unpaired) electrons. The van der Waals surface area contributed by atoms with E-state index in [0.29, 0.717) is 5.69 Å². The third-order valence-corrected chi connectivity index (χ3v) is 8.70. The smallest absolute Gasteiger partial charge is 0.193 e. The molecule has 1 aromatic heterocycles. The molecule has 1 atom stereocenters. The molecule has 0 aliphatic carbocycles. The van der Waals surface area contributed by atoms with E-state index in [0.717, 1.165) is 5.69 Å². The fourth-order valence-corrected chi connectivity index (χ4v) is 3.30. The summed E-state index contributed by atoms with van der Waals surface area (Å²) in [6.45, 7) is 17.8. The molecule has 0 saturated carbocycles. The Labute approximate surface area is 130 Å². The molecule has 1 rings (SSSR count). The maximum Gasteiger partial charge on any atom is 0.193 e. The summed E-state index contributed by atoms with van der Waals surface area (Å²) >= 11 is 0. The van der Waals surface area contributed by atoms with Gasteiger partial charge in [-0.3, -0.25) is 4.98 Å². The second-order valence-corrected chi connectivity index (χ2v) is 13.1. The third-order valence-electron chi connectivity index (χ3n) is 4.26. The van der Waals surface area contributed by atoms with Crippen molar-refractivity contribution in [3.05, 3.63) is 29.6 Å². The van der Waals surface area contributed by atoms with Gasteiger partial charge < -0.3 is 9.53 Å². The molecule has 0 aromatic carbocycles. The topological polar surface area (TPSA) is 42.4 Å². The average molecular weight is 310 g/mol. The van der Waals surface area contributed by atoms with Gasteiger partial charge in [0, 0.05) is 0 Å². The summed E-state index contributed by atoms with van der Waals surface area (Å²) in [7, 11) is -1.89. The van der Waals surface area contributed by atoms with Gasteiger partial charge in [0.25, 0.3) is 0 Å². The largest absolute Gasteiger partial charge is 0.408 e. The van der Waals surface area contributed by atoms with Gasteiger partial charge in [-0.25, -0.2) is 0 Å². The molecule has 1 N–H and O–H groups in total. The maximum absolute atomic E-state index is 9.31. The van der Waals surface area contributed by atoms with Crippen molar-refractivity contribution in [1.29, 1.82) is 0 Å². The first-order valence-corrected chi connectivity index (χ1v) is 10.5. The highest BCUT2D eigenvalue weighted by molar-refractivity contribution is 6.74. The first-order chi connectivity index (χ1) is 9.38. The Bertz CT molecular complexity index is 472. The Morgan fingerprint density at radius 1 is 1.14 bits per heavy atom. The molecule has 4 heteroatoms. The van der Waals surface area contributed by atoms with E-state index in [4.69, 9.17) is 4.43 Å². The Hall–Kier alpha value is -0.713. The number of rotatable bonds is 4. The van der Waals surface area contributed by atoms with E-state index in [2.05, 4.69) is 59.6 Å². The van der Waals surface area contributed by atoms with E-state index in [-0.39, 0.29) is 23.2 Å². The quantitative estimate of drug-likeness (QED) is 0.821. The number of hydrogen-bond donors (Lipinski definition) is 1. The standard InChI is InChI=1S/C17H31NO2Si/c1-16(2,3)15(20-21(7,8)17(4,5)6)14-11-9-10-13(12-19)18-14/h9-11,15,19H,12H2,1-8H3/t15-/m0/s1. The van der Waals surface area contributed by atoms with E-state index < -0.39 is 8.32 Å². The Kier molecular flexibility index (Phi) is 5.40. The summed E-state index contributed by atoms with van der Waals surface area (Å²) in [6, 6.07) is 5.79. The number of nitrogens with zero attached hydrogens (tertiary/aromatic N) is 1. The van der Waals surface area contributed by atoms with Gasteiger partial charge in [-0.15, -0.1) is 0 Å². The van der Waals surface area contributed by atoms with E-state index >= 15 is 0 Å². The Morgan fingerprint density at radius 3 is 2.14 bits per heavy atom. The minimum Gasteiger partial charge on any atom is -0.408 e. The molecular formula is C17H31NO2Si. The van der Waals surface area contributed by atoms with Crippen molar-refractivity contribution in [2.75, 3.05) is 0 Å². The van der Waals surface area contributed by atoms with E-state index in [1.165, 1.54) is 0 Å². The number of aromatic nitrogens is 1. The van der Waals surface area contributed by atoms with Gasteiger partial charge in [0.1, 0.15) is 0 Å². The molecule has 0 amide bonds. The van der Waals surface area contributed by atoms with E-state index in [9.17, 15) is 5.11 Å². The van der Waals surface area contributed by atoms with Crippen LogP contribution in [-0.4, -0.2) is 18.4 Å². The molecule has 3 nitrogen and oxygen atoms in total. The number of hydrogen-bond acceptors (Lipinski definition) is 3. The zero-order valence-electron chi connectivity index (χ0n) is 14.8. The predicted molar refractivity (Wildman–Crippen MR) is 90.6 cm³/mol. The summed E-state index contributed by atoms with van der Waals surface area (Å²) in [5, 5.41) is 9.47. The van der Waals surface area contributed by atoms with Crippen LogP contribution in [0.25, 0.3) is 0 Å². The molecule has 0 saturated heterocycles. The molecule has 0 aliphatic heterocycles. The van der Waals surface area contributed by atoms with Crippen molar-refractivity contribution < 1.29 is 9.53 Å². The summed E-state index contributed by atoms with van der Waals surface area (Å²) in [5.74, 6) is 0. The predicted octanol–water partition coefficient (Wildman–Crippen LogP) is 4.68. The fourth-order valence-electron chi connectivity index (χ4n) is 1.88. The van der Waals surface area contributed by atoms with Crippen LogP contribution in [0.15, 0.2) is 18.2 Å². The van der Waals surface area contributed by atoms with Crippen molar-refractivity contribution in [3.63, 3.8) is 0 Å². The van der Waals surface area contributed by atoms with Crippen molar-refractivity contribution >= 4 is 8.32 Å². The Balaban J connectivity index is 3.19. The second-order valence-electron chi connectivity index (χ2n) is 8.34. The van der Waals surface area contributed by atoms with Crippen molar-refractivity contribution in [1.82, 2.24) is 4.98 Å². The fraction of sp³-hybridized carbons (Fsp3) is 0.706. The molecule has 1 aromatic rings. The van der Waals surface area contributed by atoms with Crippen LogP contribution in [0.2, 0.25) is 18.1 Å². The van der Waals surface area contributed by atoms with Crippen LogP contribution in [0.1, 0.15) is 59.0 Å². The lowest BCUT2D eigenvalue weighted by Crippen LogP contribution is -2.44. The molecule has 0 fully saturated rings. The van der Waals surface area contributed by atoms with Gasteiger partial charge in [-0.1, -0.05) is 47.6 Å². The van der Waals surface area contributed by atoms with Crippen LogP contribution in [0.3, 0.4) is 0 Å². The van der Waals surface area contributed by atoms with Crippen molar-refractivity contribution in [3.8, 4) is 0 Å². The SMILES string of the molecule is CC(C)(C)[C@@H](O[Si](C)(C)C(C)(C)C)c1cccc(CO)n1. The zero-order chi connectivity index (χ0) is 16.5. The molecule has 0 aliphatic rings. The maximum atomic E-state index is 9.31. The molecule has 120 valence electrons. The van der Waals surface area contributed by atoms with Crippen LogP contribution < -0.4 is 0 Å². The monoisotopic (exact) mass is 309 g/mol. The summed E-state index contributed by atoms with van der Waals surface area (Å²) in [5.41, 5.74) is 1.57. The van der Waals surface area contributed by atoms with Crippen LogP contribution in [0.4, 0.5) is 0 Å². The molecular weight excluding hydrogens is 278 g/mol. The average Bonchev–Trinajstić information content (AvgIpc) is 2.33. The van der Waals surface area contributed by atoms with Crippen LogP contribution in [0, 0.1) is 5.41 Å². The van der Waals surface area contributed by atoms with E-state index in [1.807, 2.05) is 18.2 Å². The zero-order valence-corrected chi connectivity index (χ0v) is 15.8. The summed E-state index contributed by atoms with van der Waals surface area (Å²) < 4.78 is 6.65. The molecule has 0 spiro atoms.